The summed E-state index contributed by atoms with van der Waals surface area (Å²) in [4.78, 5) is 2.54. The van der Waals surface area contributed by atoms with Crippen molar-refractivity contribution in [3.63, 3.8) is 0 Å². The molecule has 2 rings (SSSR count). The van der Waals surface area contributed by atoms with Crippen LogP contribution in [0, 0.1) is 5.92 Å². The van der Waals surface area contributed by atoms with E-state index in [2.05, 4.69) is 24.1 Å². The van der Waals surface area contributed by atoms with Gasteiger partial charge in [-0.05, 0) is 18.9 Å². The maximum atomic E-state index is 3.59. The van der Waals surface area contributed by atoms with Gasteiger partial charge in [0.1, 0.15) is 0 Å². The molecule has 2 saturated heterocycles. The second-order valence-electron chi connectivity index (χ2n) is 4.06. The highest BCUT2D eigenvalue weighted by Gasteiger charge is 2.47. The topological polar surface area (TPSA) is 15.3 Å². The Bertz CT molecular complexity index is 158. The Morgan fingerprint density at radius 3 is 2.38 bits per heavy atom. The van der Waals surface area contributed by atoms with E-state index in [1.165, 1.54) is 32.6 Å². The number of nitrogens with zero attached hydrogens (tertiary/aromatic N) is 1. The Labute approximate surface area is 82.7 Å². The van der Waals surface area contributed by atoms with Crippen LogP contribution in [0.1, 0.15) is 34.1 Å². The average molecular weight is 184 g/mol. The van der Waals surface area contributed by atoms with Crippen molar-refractivity contribution >= 4 is 0 Å². The molecule has 2 heteroatoms. The normalized spacial score (nSPS) is 38.3. The third kappa shape index (κ3) is 1.89. The van der Waals surface area contributed by atoms with Crippen LogP contribution in [0.25, 0.3) is 0 Å². The summed E-state index contributed by atoms with van der Waals surface area (Å²) in [5, 5.41) is 3.59. The largest absolute Gasteiger partial charge is 0.309 e. The zero-order chi connectivity index (χ0) is 9.90. The summed E-state index contributed by atoms with van der Waals surface area (Å²) < 4.78 is 0. The van der Waals surface area contributed by atoms with Crippen molar-refractivity contribution in [3.05, 3.63) is 0 Å². The van der Waals surface area contributed by atoms with Gasteiger partial charge in [-0.3, -0.25) is 0 Å². The molecular weight excluding hydrogens is 160 g/mol. The van der Waals surface area contributed by atoms with E-state index in [0.717, 1.165) is 5.92 Å². The lowest BCUT2D eigenvalue weighted by Crippen LogP contribution is -2.65. The van der Waals surface area contributed by atoms with Crippen LogP contribution in [0.2, 0.25) is 0 Å². The molecule has 1 N–H and O–H groups in total. The summed E-state index contributed by atoms with van der Waals surface area (Å²) in [5.41, 5.74) is 0.524. The van der Waals surface area contributed by atoms with Crippen LogP contribution in [0.5, 0.6) is 0 Å². The molecule has 1 spiro atoms. The fourth-order valence-corrected chi connectivity index (χ4v) is 2.33. The first-order valence-electron chi connectivity index (χ1n) is 5.74. The van der Waals surface area contributed by atoms with E-state index in [0.29, 0.717) is 5.54 Å². The molecule has 0 saturated carbocycles. The maximum absolute atomic E-state index is 3.59. The first-order valence-corrected chi connectivity index (χ1v) is 5.74. The lowest BCUT2D eigenvalue weighted by atomic mass is 9.77. The number of rotatable bonds is 1. The van der Waals surface area contributed by atoms with Gasteiger partial charge < -0.3 is 10.2 Å². The number of likely N-dealkylation sites (N-methyl/N-ethyl adjacent to an activating group) is 1. The molecule has 2 heterocycles. The van der Waals surface area contributed by atoms with Crippen molar-refractivity contribution in [2.45, 2.75) is 39.7 Å². The Kier molecular flexibility index (Phi) is 3.74. The number of hydrogen-bond acceptors (Lipinski definition) is 2. The minimum absolute atomic E-state index is 0.524. The first-order chi connectivity index (χ1) is 6.27. The standard InChI is InChI=1S/C9H18N2.C2H6/c1-3-11-5-4-9(7-11)8(2)6-10-9;1-2/h8,10H,3-7H2,1-2H3;1-2H3. The van der Waals surface area contributed by atoms with Gasteiger partial charge in [0.25, 0.3) is 0 Å². The Morgan fingerprint density at radius 2 is 2.15 bits per heavy atom. The molecule has 2 nitrogen and oxygen atoms in total. The molecule has 2 unspecified atom stereocenters. The number of likely N-dealkylation sites (tertiary alicyclic amines) is 1. The van der Waals surface area contributed by atoms with Gasteiger partial charge in [0, 0.05) is 25.2 Å². The molecule has 0 aromatic carbocycles. The summed E-state index contributed by atoms with van der Waals surface area (Å²) in [7, 11) is 0. The lowest BCUT2D eigenvalue weighted by Gasteiger charge is -2.46. The van der Waals surface area contributed by atoms with E-state index in [1.54, 1.807) is 0 Å². The molecule has 0 aromatic heterocycles. The van der Waals surface area contributed by atoms with E-state index < -0.39 is 0 Å². The average Bonchev–Trinajstić information content (AvgIpc) is 2.65. The van der Waals surface area contributed by atoms with E-state index >= 15 is 0 Å². The van der Waals surface area contributed by atoms with E-state index in [-0.39, 0.29) is 0 Å². The Morgan fingerprint density at radius 1 is 1.46 bits per heavy atom. The van der Waals surface area contributed by atoms with Gasteiger partial charge in [0.2, 0.25) is 0 Å². The molecule has 13 heavy (non-hydrogen) atoms. The summed E-state index contributed by atoms with van der Waals surface area (Å²) in [6.45, 7) is 13.7. The second-order valence-corrected chi connectivity index (χ2v) is 4.06. The van der Waals surface area contributed by atoms with Crippen LogP contribution >= 0.6 is 0 Å². The molecule has 2 aliphatic rings. The Hall–Kier alpha value is -0.0800. The van der Waals surface area contributed by atoms with E-state index in [9.17, 15) is 0 Å². The van der Waals surface area contributed by atoms with E-state index in [1.807, 2.05) is 13.8 Å². The van der Waals surface area contributed by atoms with Crippen molar-refractivity contribution in [1.82, 2.24) is 10.2 Å². The maximum Gasteiger partial charge on any atom is 0.0358 e. The van der Waals surface area contributed by atoms with Crippen LogP contribution in [-0.2, 0) is 0 Å². The van der Waals surface area contributed by atoms with Gasteiger partial charge in [-0.15, -0.1) is 0 Å². The van der Waals surface area contributed by atoms with Gasteiger partial charge in [0.15, 0.2) is 0 Å². The van der Waals surface area contributed by atoms with Crippen LogP contribution in [-0.4, -0.2) is 36.6 Å². The molecule has 0 bridgehead atoms. The molecular formula is C11H24N2. The summed E-state index contributed by atoms with van der Waals surface area (Å²) in [6.07, 6.45) is 1.36. The molecule has 78 valence electrons. The van der Waals surface area contributed by atoms with Crippen molar-refractivity contribution in [3.8, 4) is 0 Å². The van der Waals surface area contributed by atoms with Crippen molar-refractivity contribution < 1.29 is 0 Å². The molecule has 2 aliphatic heterocycles. The highest BCUT2D eigenvalue weighted by atomic mass is 15.2. The zero-order valence-electron chi connectivity index (χ0n) is 9.56. The molecule has 0 radical (unpaired) electrons. The third-order valence-corrected chi connectivity index (χ3v) is 3.53. The van der Waals surface area contributed by atoms with Gasteiger partial charge in [-0.2, -0.15) is 0 Å². The fourth-order valence-electron chi connectivity index (χ4n) is 2.33. The molecule has 0 amide bonds. The Balaban J connectivity index is 0.000000396. The predicted molar refractivity (Wildman–Crippen MR) is 58.0 cm³/mol. The van der Waals surface area contributed by atoms with Crippen molar-refractivity contribution in [2.24, 2.45) is 5.92 Å². The molecule has 0 aromatic rings. The summed E-state index contributed by atoms with van der Waals surface area (Å²) in [5.74, 6) is 0.902. The van der Waals surface area contributed by atoms with Crippen LogP contribution < -0.4 is 5.32 Å². The fraction of sp³-hybridized carbons (Fsp3) is 1.00. The highest BCUT2D eigenvalue weighted by Crippen LogP contribution is 2.34. The number of hydrogen-bond donors (Lipinski definition) is 1. The summed E-state index contributed by atoms with van der Waals surface area (Å²) >= 11 is 0. The van der Waals surface area contributed by atoms with Crippen LogP contribution in [0.15, 0.2) is 0 Å². The quantitative estimate of drug-likeness (QED) is 0.667. The third-order valence-electron chi connectivity index (χ3n) is 3.53. The highest BCUT2D eigenvalue weighted by molar-refractivity contribution is 5.07. The number of nitrogens with one attached hydrogen (secondary N) is 1. The lowest BCUT2D eigenvalue weighted by molar-refractivity contribution is 0.120. The van der Waals surface area contributed by atoms with Gasteiger partial charge >= 0.3 is 0 Å². The minimum Gasteiger partial charge on any atom is -0.309 e. The van der Waals surface area contributed by atoms with Gasteiger partial charge in [0.05, 0.1) is 0 Å². The van der Waals surface area contributed by atoms with Crippen molar-refractivity contribution in [1.29, 1.82) is 0 Å². The SMILES string of the molecule is CC.CCN1CCC2(C1)NCC2C. The monoisotopic (exact) mass is 184 g/mol. The second kappa shape index (κ2) is 4.43. The molecule has 2 fully saturated rings. The van der Waals surface area contributed by atoms with Gasteiger partial charge in [-0.1, -0.05) is 27.7 Å². The smallest absolute Gasteiger partial charge is 0.0358 e. The summed E-state index contributed by atoms with van der Waals surface area (Å²) in [6, 6.07) is 0. The predicted octanol–water partition coefficient (Wildman–Crippen LogP) is 1.72. The first kappa shape index (κ1) is 11.0. The molecule has 2 atom stereocenters. The van der Waals surface area contributed by atoms with Crippen molar-refractivity contribution in [2.75, 3.05) is 26.2 Å². The minimum atomic E-state index is 0.524. The van der Waals surface area contributed by atoms with Crippen LogP contribution in [0.3, 0.4) is 0 Å². The molecule has 0 aliphatic carbocycles. The van der Waals surface area contributed by atoms with Crippen LogP contribution in [0.4, 0.5) is 0 Å². The van der Waals surface area contributed by atoms with E-state index in [4.69, 9.17) is 0 Å². The van der Waals surface area contributed by atoms with Gasteiger partial charge in [-0.25, -0.2) is 0 Å². The zero-order valence-corrected chi connectivity index (χ0v) is 9.56.